The fraction of sp³-hybridized carbons (Fsp3) is 0.235. The fourth-order valence-electron chi connectivity index (χ4n) is 2.55. The molecule has 1 aliphatic heterocycles. The lowest BCUT2D eigenvalue weighted by Gasteiger charge is -2.33. The minimum Gasteiger partial charge on any atom is -0.370 e. The van der Waals surface area contributed by atoms with Gasteiger partial charge in [0, 0.05) is 6.54 Å². The Hall–Kier alpha value is -1.62. The normalized spacial score (nSPS) is 18.0. The number of hydrogen-bond donors (Lipinski definition) is 0. The minimum absolute atomic E-state index is 0.187. The number of benzene rings is 2. The molecule has 6 heteroatoms. The molecule has 3 nitrogen and oxygen atoms in total. The molecule has 0 spiro atoms. The highest BCUT2D eigenvalue weighted by Crippen LogP contribution is 2.29. The molecule has 1 unspecified atom stereocenters. The van der Waals surface area contributed by atoms with Crippen LogP contribution in [0.15, 0.2) is 42.5 Å². The molecule has 1 heterocycles. The van der Waals surface area contributed by atoms with E-state index in [9.17, 15) is 9.18 Å². The first-order valence-electron chi connectivity index (χ1n) is 7.16. The Morgan fingerprint density at radius 1 is 1.17 bits per heavy atom. The van der Waals surface area contributed by atoms with Crippen molar-refractivity contribution < 1.29 is 13.9 Å². The van der Waals surface area contributed by atoms with E-state index < -0.39 is 0 Å². The van der Waals surface area contributed by atoms with Gasteiger partial charge in [0.05, 0.1) is 28.8 Å². The molecule has 1 fully saturated rings. The minimum atomic E-state index is -0.303. The van der Waals surface area contributed by atoms with Gasteiger partial charge in [0.15, 0.2) is 0 Å². The molecule has 0 radical (unpaired) electrons. The van der Waals surface area contributed by atoms with Crippen LogP contribution in [0.1, 0.15) is 22.0 Å². The van der Waals surface area contributed by atoms with Gasteiger partial charge in [-0.15, -0.1) is 0 Å². The summed E-state index contributed by atoms with van der Waals surface area (Å²) in [5.41, 5.74) is 1.21. The third-order valence-corrected chi connectivity index (χ3v) is 4.60. The second-order valence-corrected chi connectivity index (χ2v) is 6.05. The molecule has 2 aromatic rings. The van der Waals surface area contributed by atoms with Crippen LogP contribution >= 0.6 is 23.2 Å². The molecule has 0 N–H and O–H groups in total. The Labute approximate surface area is 143 Å². The molecule has 1 aliphatic rings. The van der Waals surface area contributed by atoms with Crippen molar-refractivity contribution in [2.45, 2.75) is 6.10 Å². The summed E-state index contributed by atoms with van der Waals surface area (Å²) in [7, 11) is 0. The number of amides is 1. The third-order valence-electron chi connectivity index (χ3n) is 3.78. The van der Waals surface area contributed by atoms with Gasteiger partial charge in [0.25, 0.3) is 5.91 Å². The molecule has 2 aromatic carbocycles. The Kier molecular flexibility index (Phi) is 4.85. The Morgan fingerprint density at radius 2 is 1.91 bits per heavy atom. The maximum absolute atomic E-state index is 13.0. The molecular weight excluding hydrogens is 340 g/mol. The van der Waals surface area contributed by atoms with Crippen molar-refractivity contribution in [3.63, 3.8) is 0 Å². The number of carbonyl (C=O) groups is 1. The zero-order chi connectivity index (χ0) is 16.4. The number of rotatable bonds is 2. The topological polar surface area (TPSA) is 29.5 Å². The van der Waals surface area contributed by atoms with Gasteiger partial charge in [-0.05, 0) is 29.8 Å². The van der Waals surface area contributed by atoms with Gasteiger partial charge in [-0.1, -0.05) is 41.4 Å². The van der Waals surface area contributed by atoms with E-state index in [0.717, 1.165) is 5.56 Å². The van der Waals surface area contributed by atoms with E-state index in [1.807, 2.05) is 0 Å². The highest BCUT2D eigenvalue weighted by molar-refractivity contribution is 6.43. The average molecular weight is 354 g/mol. The lowest BCUT2D eigenvalue weighted by molar-refractivity contribution is -0.0228. The molecular formula is C17H14Cl2FNO2. The Balaban J connectivity index is 1.79. The molecule has 0 bridgehead atoms. The summed E-state index contributed by atoms with van der Waals surface area (Å²) in [5, 5.41) is 0.602. The summed E-state index contributed by atoms with van der Waals surface area (Å²) < 4.78 is 18.7. The fourth-order valence-corrected chi connectivity index (χ4v) is 2.93. The molecule has 0 aromatic heterocycles. The van der Waals surface area contributed by atoms with Crippen LogP contribution in [0.4, 0.5) is 4.39 Å². The van der Waals surface area contributed by atoms with Crippen molar-refractivity contribution in [1.82, 2.24) is 4.90 Å². The Bertz CT molecular complexity index is 721. The average Bonchev–Trinajstić information content (AvgIpc) is 2.57. The molecule has 120 valence electrons. The molecule has 0 aliphatic carbocycles. The maximum atomic E-state index is 13.0. The number of halogens is 3. The highest BCUT2D eigenvalue weighted by Gasteiger charge is 2.27. The second-order valence-electron chi connectivity index (χ2n) is 5.26. The van der Waals surface area contributed by atoms with Gasteiger partial charge in [-0.25, -0.2) is 4.39 Å². The molecule has 23 heavy (non-hydrogen) atoms. The van der Waals surface area contributed by atoms with Gasteiger partial charge in [0.2, 0.25) is 0 Å². The number of carbonyl (C=O) groups excluding carboxylic acids is 1. The van der Waals surface area contributed by atoms with E-state index in [4.69, 9.17) is 27.9 Å². The van der Waals surface area contributed by atoms with Crippen molar-refractivity contribution in [1.29, 1.82) is 0 Å². The zero-order valence-electron chi connectivity index (χ0n) is 12.1. The summed E-state index contributed by atoms with van der Waals surface area (Å²) in [6.07, 6.45) is -0.286. The van der Waals surface area contributed by atoms with E-state index in [-0.39, 0.29) is 22.9 Å². The number of nitrogens with zero attached hydrogens (tertiary/aromatic N) is 1. The Morgan fingerprint density at radius 3 is 2.65 bits per heavy atom. The molecule has 0 saturated carbocycles. The van der Waals surface area contributed by atoms with Crippen LogP contribution < -0.4 is 0 Å². The van der Waals surface area contributed by atoms with Gasteiger partial charge in [-0.3, -0.25) is 4.79 Å². The van der Waals surface area contributed by atoms with Crippen LogP contribution in [0, 0.1) is 5.82 Å². The van der Waals surface area contributed by atoms with Crippen LogP contribution in [-0.4, -0.2) is 30.5 Å². The zero-order valence-corrected chi connectivity index (χ0v) is 13.6. The first-order chi connectivity index (χ1) is 11.1. The summed E-state index contributed by atoms with van der Waals surface area (Å²) in [5.74, 6) is -0.490. The SMILES string of the molecule is O=C(c1cccc(Cl)c1Cl)N1CCOC(c2ccc(F)cc2)C1. The lowest BCUT2D eigenvalue weighted by Crippen LogP contribution is -2.42. The first-order valence-corrected chi connectivity index (χ1v) is 7.92. The molecule has 1 saturated heterocycles. The number of morpholine rings is 1. The predicted molar refractivity (Wildman–Crippen MR) is 87.5 cm³/mol. The number of hydrogen-bond acceptors (Lipinski definition) is 2. The summed E-state index contributed by atoms with van der Waals surface area (Å²) in [6, 6.07) is 11.1. The van der Waals surface area contributed by atoms with E-state index in [2.05, 4.69) is 0 Å². The van der Waals surface area contributed by atoms with Crippen LogP contribution in [0.2, 0.25) is 10.0 Å². The van der Waals surface area contributed by atoms with Crippen LogP contribution in [-0.2, 0) is 4.74 Å². The van der Waals surface area contributed by atoms with E-state index >= 15 is 0 Å². The summed E-state index contributed by atoms with van der Waals surface area (Å²) >= 11 is 12.1. The van der Waals surface area contributed by atoms with Gasteiger partial charge < -0.3 is 9.64 Å². The molecule has 3 rings (SSSR count). The van der Waals surface area contributed by atoms with Crippen molar-refractivity contribution in [2.75, 3.05) is 19.7 Å². The van der Waals surface area contributed by atoms with Gasteiger partial charge in [0.1, 0.15) is 11.9 Å². The first kappa shape index (κ1) is 16.2. The van der Waals surface area contributed by atoms with E-state index in [0.29, 0.717) is 30.3 Å². The van der Waals surface area contributed by atoms with Gasteiger partial charge in [-0.2, -0.15) is 0 Å². The lowest BCUT2D eigenvalue weighted by atomic mass is 10.1. The van der Waals surface area contributed by atoms with Crippen LogP contribution in [0.5, 0.6) is 0 Å². The van der Waals surface area contributed by atoms with Gasteiger partial charge >= 0.3 is 0 Å². The van der Waals surface area contributed by atoms with Crippen molar-refractivity contribution in [3.8, 4) is 0 Å². The van der Waals surface area contributed by atoms with Crippen molar-refractivity contribution in [2.24, 2.45) is 0 Å². The maximum Gasteiger partial charge on any atom is 0.255 e. The van der Waals surface area contributed by atoms with Crippen molar-refractivity contribution >= 4 is 29.1 Å². The predicted octanol–water partition coefficient (Wildman–Crippen LogP) is 4.35. The van der Waals surface area contributed by atoms with E-state index in [1.54, 1.807) is 35.2 Å². The smallest absolute Gasteiger partial charge is 0.255 e. The molecule has 1 amide bonds. The quantitative estimate of drug-likeness (QED) is 0.803. The standard InChI is InChI=1S/C17H14Cl2FNO2/c18-14-3-1-2-13(16(14)19)17(22)21-8-9-23-15(10-21)11-4-6-12(20)7-5-11/h1-7,15H,8-10H2. The van der Waals surface area contributed by atoms with Crippen molar-refractivity contribution in [3.05, 3.63) is 69.5 Å². The largest absolute Gasteiger partial charge is 0.370 e. The third kappa shape index (κ3) is 3.50. The van der Waals surface area contributed by atoms with Crippen LogP contribution in [0.3, 0.4) is 0 Å². The second kappa shape index (κ2) is 6.87. The highest BCUT2D eigenvalue weighted by atomic mass is 35.5. The number of ether oxygens (including phenoxy) is 1. The summed E-state index contributed by atoms with van der Waals surface area (Å²) in [4.78, 5) is 14.3. The molecule has 1 atom stereocenters. The monoisotopic (exact) mass is 353 g/mol. The van der Waals surface area contributed by atoms with Crippen LogP contribution in [0.25, 0.3) is 0 Å². The summed E-state index contributed by atoms with van der Waals surface area (Å²) in [6.45, 7) is 1.26. The van der Waals surface area contributed by atoms with E-state index in [1.165, 1.54) is 12.1 Å².